The molecule has 2 fully saturated rings. The Morgan fingerprint density at radius 2 is 2.07 bits per heavy atom. The topological polar surface area (TPSA) is 79.2 Å². The van der Waals surface area contributed by atoms with E-state index in [0.29, 0.717) is 36.8 Å². The van der Waals surface area contributed by atoms with Crippen molar-refractivity contribution in [2.24, 2.45) is 17.8 Å². The van der Waals surface area contributed by atoms with Gasteiger partial charge in [-0.2, -0.15) is 9.69 Å². The Kier molecular flexibility index (Phi) is 7.68. The van der Waals surface area contributed by atoms with Crippen molar-refractivity contribution in [3.8, 4) is 5.75 Å². The van der Waals surface area contributed by atoms with Gasteiger partial charge in [-0.3, -0.25) is 0 Å². The Labute approximate surface area is 181 Å². The Bertz CT molecular complexity index is 751. The predicted molar refractivity (Wildman–Crippen MR) is 118 cm³/mol. The quantitative estimate of drug-likeness (QED) is 0.494. The van der Waals surface area contributed by atoms with Gasteiger partial charge in [-0.05, 0) is 80.4 Å². The van der Waals surface area contributed by atoms with E-state index in [-0.39, 0.29) is 5.54 Å². The minimum absolute atomic E-state index is 0.308. The van der Waals surface area contributed by atoms with Crippen molar-refractivity contribution in [3.05, 3.63) is 29.8 Å². The van der Waals surface area contributed by atoms with Crippen molar-refractivity contribution in [2.75, 3.05) is 13.2 Å². The van der Waals surface area contributed by atoms with Crippen LogP contribution in [0.25, 0.3) is 0 Å². The number of hydroxylamine groups is 2. The molecule has 1 aliphatic carbocycles. The predicted octanol–water partition coefficient (Wildman–Crippen LogP) is 5.51. The fourth-order valence-electron chi connectivity index (χ4n) is 5.77. The first-order valence-corrected chi connectivity index (χ1v) is 13.0. The van der Waals surface area contributed by atoms with Gasteiger partial charge in [0.1, 0.15) is 5.75 Å². The smallest absolute Gasteiger partial charge is 0.486 e. The monoisotopic (exact) mass is 439 g/mol. The van der Waals surface area contributed by atoms with Crippen molar-refractivity contribution in [1.82, 2.24) is 5.06 Å². The molecule has 4 unspecified atom stereocenters. The van der Waals surface area contributed by atoms with Gasteiger partial charge in [0.25, 0.3) is 0 Å². The van der Waals surface area contributed by atoms with Crippen LogP contribution in [0.3, 0.4) is 0 Å². The summed E-state index contributed by atoms with van der Waals surface area (Å²) < 4.78 is 22.8. The first kappa shape index (κ1) is 23.7. The molecule has 1 heterocycles. The first-order valence-electron chi connectivity index (χ1n) is 11.4. The summed E-state index contributed by atoms with van der Waals surface area (Å²) in [5, 5.41) is 1.69. The maximum Gasteiger partial charge on any atom is 0.486 e. The highest BCUT2D eigenvalue weighted by atomic mass is 31.2. The number of piperidine rings is 1. The molecule has 0 amide bonds. The van der Waals surface area contributed by atoms with Gasteiger partial charge in [0.15, 0.2) is 0 Å². The lowest BCUT2D eigenvalue weighted by Crippen LogP contribution is -2.61. The summed E-state index contributed by atoms with van der Waals surface area (Å²) in [7, 11) is -4.59. The lowest BCUT2D eigenvalue weighted by molar-refractivity contribution is -0.225. The minimum atomic E-state index is -4.59. The molecule has 4 atom stereocenters. The van der Waals surface area contributed by atoms with Crippen LogP contribution in [0, 0.1) is 17.8 Å². The first-order chi connectivity index (χ1) is 14.2. The van der Waals surface area contributed by atoms with Crippen molar-refractivity contribution in [1.29, 1.82) is 0 Å². The van der Waals surface area contributed by atoms with Gasteiger partial charge in [-0.25, -0.2) is 4.57 Å². The van der Waals surface area contributed by atoms with Crippen LogP contribution in [0.1, 0.15) is 77.7 Å². The van der Waals surface area contributed by atoms with E-state index in [9.17, 15) is 14.4 Å². The van der Waals surface area contributed by atoms with Crippen molar-refractivity contribution in [3.63, 3.8) is 0 Å². The minimum Gasteiger partial charge on any atom is -0.494 e. The van der Waals surface area contributed by atoms with Crippen molar-refractivity contribution < 1.29 is 23.7 Å². The van der Waals surface area contributed by atoms with Gasteiger partial charge in [-0.1, -0.05) is 39.3 Å². The summed E-state index contributed by atoms with van der Waals surface area (Å²) >= 11 is 0. The zero-order chi connectivity index (χ0) is 21.9. The van der Waals surface area contributed by atoms with Crippen LogP contribution in [-0.4, -0.2) is 33.5 Å². The zero-order valence-corrected chi connectivity index (χ0v) is 19.7. The van der Waals surface area contributed by atoms with E-state index in [1.165, 1.54) is 5.56 Å². The summed E-state index contributed by atoms with van der Waals surface area (Å²) in [4.78, 5) is 19.1. The zero-order valence-electron chi connectivity index (χ0n) is 18.8. The molecule has 0 spiro atoms. The molecule has 2 aliphatic rings. The number of benzene rings is 1. The molecular formula is C23H38NO5P. The van der Waals surface area contributed by atoms with E-state index in [1.807, 2.05) is 13.0 Å². The highest BCUT2D eigenvalue weighted by Crippen LogP contribution is 2.57. The number of fused-ring (bicyclic) bond motifs is 2. The molecule has 6 nitrogen and oxygen atoms in total. The molecule has 7 heteroatoms. The SMILES string of the molecule is CCOc1cccc(C2CC(CC)C3(CCC(C)C)CC2CCN3OP(=O)(O)O)c1. The van der Waals surface area contributed by atoms with Gasteiger partial charge < -0.3 is 14.5 Å². The van der Waals surface area contributed by atoms with Crippen LogP contribution in [0.15, 0.2) is 24.3 Å². The summed E-state index contributed by atoms with van der Waals surface area (Å²) in [6.07, 6.45) is 5.70. The normalized spacial score (nSPS) is 29.9. The second-order valence-corrected chi connectivity index (χ2v) is 10.6. The average molecular weight is 440 g/mol. The molecule has 1 aromatic rings. The highest BCUT2D eigenvalue weighted by Gasteiger charge is 2.54. The van der Waals surface area contributed by atoms with Gasteiger partial charge in [-0.15, -0.1) is 0 Å². The van der Waals surface area contributed by atoms with Crippen LogP contribution >= 0.6 is 7.82 Å². The summed E-state index contributed by atoms with van der Waals surface area (Å²) in [6.45, 7) is 9.82. The van der Waals surface area contributed by atoms with Crippen molar-refractivity contribution in [2.45, 2.75) is 77.7 Å². The third kappa shape index (κ3) is 5.28. The lowest BCUT2D eigenvalue weighted by atomic mass is 9.57. The second kappa shape index (κ2) is 9.70. The summed E-state index contributed by atoms with van der Waals surface area (Å²) in [5.41, 5.74) is 1.02. The van der Waals surface area contributed by atoms with E-state index >= 15 is 0 Å². The molecular weight excluding hydrogens is 401 g/mol. The Morgan fingerprint density at radius 1 is 1.30 bits per heavy atom. The third-order valence-corrected chi connectivity index (χ3v) is 7.54. The second-order valence-electron chi connectivity index (χ2n) is 9.42. The summed E-state index contributed by atoms with van der Waals surface area (Å²) in [5.74, 6) is 2.70. The molecule has 1 saturated carbocycles. The number of nitrogens with zero attached hydrogens (tertiary/aromatic N) is 1. The molecule has 0 aromatic heterocycles. The van der Waals surface area contributed by atoms with Crippen LogP contribution < -0.4 is 4.74 Å². The van der Waals surface area contributed by atoms with Crippen molar-refractivity contribution >= 4 is 7.82 Å². The largest absolute Gasteiger partial charge is 0.494 e. The van der Waals surface area contributed by atoms with Gasteiger partial charge >= 0.3 is 7.82 Å². The maximum absolute atomic E-state index is 11.7. The average Bonchev–Trinajstić information content (AvgIpc) is 2.68. The Morgan fingerprint density at radius 3 is 2.70 bits per heavy atom. The molecule has 2 bridgehead atoms. The van der Waals surface area contributed by atoms with Crippen LogP contribution in [0.4, 0.5) is 0 Å². The number of hydrogen-bond donors (Lipinski definition) is 2. The molecule has 1 saturated heterocycles. The molecule has 1 aliphatic heterocycles. The fourth-order valence-corrected chi connectivity index (χ4v) is 6.27. The molecule has 3 rings (SSSR count). The van der Waals surface area contributed by atoms with E-state index in [1.54, 1.807) is 5.06 Å². The Hall–Kier alpha value is -0.910. The molecule has 2 N–H and O–H groups in total. The summed E-state index contributed by atoms with van der Waals surface area (Å²) in [6, 6.07) is 8.48. The molecule has 170 valence electrons. The van der Waals surface area contributed by atoms with Gasteiger partial charge in [0.2, 0.25) is 0 Å². The molecule has 30 heavy (non-hydrogen) atoms. The Balaban J connectivity index is 1.92. The van der Waals surface area contributed by atoms with Gasteiger partial charge in [0, 0.05) is 12.1 Å². The standard InChI is InChI=1S/C23H38NO5P/c1-5-20-15-22(18-8-7-9-21(14-18)28-6-2)19-11-13-24(29-30(25,26)27)23(20,16-19)12-10-17(3)4/h7-9,14,17,19-20,22H,5-6,10-13,15-16H2,1-4H3,(H2,25,26,27). The molecule has 1 aromatic carbocycles. The third-order valence-electron chi connectivity index (χ3n) is 7.13. The van der Waals surface area contributed by atoms with E-state index in [2.05, 4.69) is 39.0 Å². The van der Waals surface area contributed by atoms with E-state index < -0.39 is 7.82 Å². The fraction of sp³-hybridized carbons (Fsp3) is 0.739. The maximum atomic E-state index is 11.7. The van der Waals surface area contributed by atoms with E-state index in [0.717, 1.165) is 44.3 Å². The van der Waals surface area contributed by atoms with E-state index in [4.69, 9.17) is 9.36 Å². The van der Waals surface area contributed by atoms with Crippen LogP contribution in [0.2, 0.25) is 0 Å². The lowest BCUT2D eigenvalue weighted by Gasteiger charge is -2.58. The molecule has 0 radical (unpaired) electrons. The number of rotatable bonds is 9. The van der Waals surface area contributed by atoms with Gasteiger partial charge in [0.05, 0.1) is 6.61 Å². The van der Waals surface area contributed by atoms with Crippen LogP contribution in [-0.2, 0) is 9.19 Å². The number of phosphoric acid groups is 1. The van der Waals surface area contributed by atoms with Crippen LogP contribution in [0.5, 0.6) is 5.75 Å². The number of ether oxygens (including phenoxy) is 1. The number of hydrogen-bond acceptors (Lipinski definition) is 4. The highest BCUT2D eigenvalue weighted by molar-refractivity contribution is 7.46.